The maximum absolute atomic E-state index is 12.9. The molecule has 14 nitrogen and oxygen atoms in total. The number of hydrogen-bond acceptors (Lipinski definition) is 14. The minimum absolute atomic E-state index is 0.0283. The van der Waals surface area contributed by atoms with Crippen molar-refractivity contribution in [3.05, 3.63) is 144 Å². The summed E-state index contributed by atoms with van der Waals surface area (Å²) in [5.41, 5.74) is 3.43. The Morgan fingerprint density at radius 2 is 0.771 bits per heavy atom. The summed E-state index contributed by atoms with van der Waals surface area (Å²) < 4.78 is 56.7. The van der Waals surface area contributed by atoms with Gasteiger partial charge in [-0.25, -0.2) is 9.59 Å². The minimum Gasteiger partial charge on any atom is -0.491 e. The van der Waals surface area contributed by atoms with Crippen molar-refractivity contribution in [3.8, 4) is 34.5 Å². The van der Waals surface area contributed by atoms with Crippen molar-refractivity contribution in [1.82, 2.24) is 0 Å². The molecular weight excluding hydrogens is 897 g/mol. The van der Waals surface area contributed by atoms with Crippen LogP contribution in [0.2, 0.25) is 0 Å². The molecule has 0 radical (unpaired) electrons. The van der Waals surface area contributed by atoms with Gasteiger partial charge in [-0.3, -0.25) is 0 Å². The fourth-order valence-corrected chi connectivity index (χ4v) is 8.74. The van der Waals surface area contributed by atoms with Gasteiger partial charge in [0, 0.05) is 6.07 Å². The summed E-state index contributed by atoms with van der Waals surface area (Å²) in [6.45, 7) is 2.59. The SMILES string of the molecule is O=C(OC1CCC(c2ccc(OCC3CO3)cc2)CC1)c1ccc(OCC(O)COc2cccc(OCC(O)COc3ccc(C(=O)O[C@H]4CC[C@H](c5ccc(OCC6CO6)cc5)CC4)cc3)c2)cc1. The Morgan fingerprint density at radius 3 is 1.13 bits per heavy atom. The van der Waals surface area contributed by atoms with Gasteiger partial charge in [0.25, 0.3) is 0 Å². The Balaban J connectivity index is 0.617. The highest BCUT2D eigenvalue weighted by molar-refractivity contribution is 5.90. The maximum atomic E-state index is 12.9. The first kappa shape index (κ1) is 48.7. The van der Waals surface area contributed by atoms with Crippen LogP contribution >= 0.6 is 0 Å². The number of benzene rings is 5. The second kappa shape index (κ2) is 24.0. The predicted octanol–water partition coefficient (Wildman–Crippen LogP) is 8.65. The number of aliphatic hydroxyl groups is 2. The standard InChI is InChI=1S/C56H62O14/c57-43(29-61-45-20-12-41(13-21-45)55(59)69-49-24-8-39(9-25-49)37-4-16-47(17-5-37)65-33-53-35-67-53)31-63-51-2-1-3-52(28-51)64-32-44(58)30-62-46-22-14-42(15-23-46)56(60)70-50-26-10-40(11-27-50)38-6-18-48(19-7-38)66-34-54-36-68-54/h1-7,12-23,28,39-40,43-44,49-50,53-54,57-58H,8-11,24-27,29-36H2/t39-,40?,43?,44?,49-,50?,53?,54?. The second-order valence-corrected chi connectivity index (χ2v) is 18.5. The van der Waals surface area contributed by atoms with E-state index < -0.39 is 12.2 Å². The molecule has 0 bridgehead atoms. The Kier molecular flexibility index (Phi) is 16.7. The Morgan fingerprint density at radius 1 is 0.443 bits per heavy atom. The van der Waals surface area contributed by atoms with Crippen LogP contribution < -0.4 is 28.4 Å². The minimum atomic E-state index is -0.939. The molecule has 4 aliphatic rings. The molecule has 14 heteroatoms. The number of carbonyl (C=O) groups is 2. The summed E-state index contributed by atoms with van der Waals surface area (Å²) in [6, 6.07) is 36.8. The number of carbonyl (C=O) groups excluding carboxylic acids is 2. The second-order valence-electron chi connectivity index (χ2n) is 18.5. The summed E-state index contributed by atoms with van der Waals surface area (Å²) in [5, 5.41) is 21.2. The molecule has 2 saturated carbocycles. The molecule has 0 spiro atoms. The highest BCUT2D eigenvalue weighted by atomic mass is 16.6. The summed E-state index contributed by atoms with van der Waals surface area (Å²) in [5.74, 6) is 3.76. The van der Waals surface area contributed by atoms with Crippen LogP contribution in [0.5, 0.6) is 34.5 Å². The Labute approximate surface area is 408 Å². The van der Waals surface area contributed by atoms with Crippen LogP contribution in [-0.4, -0.2) is 112 Å². The highest BCUT2D eigenvalue weighted by Crippen LogP contribution is 2.37. The molecule has 2 heterocycles. The van der Waals surface area contributed by atoms with Crippen LogP contribution in [0, 0.1) is 0 Å². The van der Waals surface area contributed by atoms with Crippen LogP contribution in [0.1, 0.15) is 95.0 Å². The lowest BCUT2D eigenvalue weighted by molar-refractivity contribution is 0.0186. The van der Waals surface area contributed by atoms with E-state index >= 15 is 0 Å². The van der Waals surface area contributed by atoms with Crippen molar-refractivity contribution < 1.29 is 67.2 Å². The molecule has 2 N–H and O–H groups in total. The molecule has 4 atom stereocenters. The van der Waals surface area contributed by atoms with Crippen LogP contribution in [0.3, 0.4) is 0 Å². The third-order valence-electron chi connectivity index (χ3n) is 13.0. The molecule has 370 valence electrons. The quantitative estimate of drug-likeness (QED) is 0.0444. The molecular formula is C56H62O14. The lowest BCUT2D eigenvalue weighted by Crippen LogP contribution is -2.25. The molecule has 4 fully saturated rings. The monoisotopic (exact) mass is 958 g/mol. The van der Waals surface area contributed by atoms with Crippen LogP contribution in [0.4, 0.5) is 0 Å². The van der Waals surface area contributed by atoms with E-state index in [1.165, 1.54) is 11.1 Å². The molecule has 4 unspecified atom stereocenters. The van der Waals surface area contributed by atoms with Crippen molar-refractivity contribution in [1.29, 1.82) is 0 Å². The van der Waals surface area contributed by atoms with Crippen LogP contribution in [0.15, 0.2) is 121 Å². The Bertz CT molecular complexity index is 2240. The molecule has 2 aliphatic heterocycles. The van der Waals surface area contributed by atoms with Gasteiger partial charge in [0.2, 0.25) is 0 Å². The fourth-order valence-electron chi connectivity index (χ4n) is 8.74. The zero-order valence-corrected chi connectivity index (χ0v) is 39.3. The topological polar surface area (TPSA) is 174 Å². The summed E-state index contributed by atoms with van der Waals surface area (Å²) in [4.78, 5) is 25.9. The van der Waals surface area contributed by atoms with Gasteiger partial charge in [-0.2, -0.15) is 0 Å². The molecule has 0 aromatic heterocycles. The van der Waals surface area contributed by atoms with Crippen molar-refractivity contribution in [2.45, 2.75) is 99.8 Å². The maximum Gasteiger partial charge on any atom is 0.338 e. The molecule has 70 heavy (non-hydrogen) atoms. The largest absolute Gasteiger partial charge is 0.491 e. The number of aliphatic hydroxyl groups excluding tert-OH is 2. The van der Waals surface area contributed by atoms with Crippen LogP contribution in [-0.2, 0) is 18.9 Å². The number of ether oxygens (including phenoxy) is 10. The lowest BCUT2D eigenvalue weighted by atomic mass is 9.83. The average Bonchev–Trinajstić information content (AvgIpc) is 4.36. The van der Waals surface area contributed by atoms with E-state index in [-0.39, 0.29) is 62.8 Å². The molecule has 9 rings (SSSR count). The van der Waals surface area contributed by atoms with Crippen LogP contribution in [0.25, 0.3) is 0 Å². The first-order valence-electron chi connectivity index (χ1n) is 24.5. The molecule has 2 saturated heterocycles. The summed E-state index contributed by atoms with van der Waals surface area (Å²) >= 11 is 0. The predicted molar refractivity (Wildman–Crippen MR) is 257 cm³/mol. The molecule has 5 aromatic rings. The van der Waals surface area contributed by atoms with Crippen molar-refractivity contribution >= 4 is 11.9 Å². The van der Waals surface area contributed by atoms with Gasteiger partial charge in [-0.15, -0.1) is 0 Å². The van der Waals surface area contributed by atoms with Gasteiger partial charge in [0.05, 0.1) is 24.3 Å². The van der Waals surface area contributed by atoms with Gasteiger partial charge >= 0.3 is 11.9 Å². The zero-order chi connectivity index (χ0) is 48.1. The van der Waals surface area contributed by atoms with E-state index in [4.69, 9.17) is 47.4 Å². The summed E-state index contributed by atoms with van der Waals surface area (Å²) in [7, 11) is 0. The van der Waals surface area contributed by atoms with Gasteiger partial charge in [-0.1, -0.05) is 30.3 Å². The third-order valence-corrected chi connectivity index (χ3v) is 13.0. The average molecular weight is 959 g/mol. The number of esters is 2. The molecule has 2 aliphatic carbocycles. The molecule has 5 aromatic carbocycles. The van der Waals surface area contributed by atoms with E-state index in [1.807, 2.05) is 24.3 Å². The van der Waals surface area contributed by atoms with E-state index in [0.717, 1.165) is 76.1 Å². The lowest BCUT2D eigenvalue weighted by Gasteiger charge is -2.28. The number of hydrogen-bond donors (Lipinski definition) is 2. The highest BCUT2D eigenvalue weighted by Gasteiger charge is 2.28. The van der Waals surface area contributed by atoms with E-state index in [2.05, 4.69) is 24.3 Å². The number of rotatable bonds is 24. The van der Waals surface area contributed by atoms with E-state index in [9.17, 15) is 19.8 Å². The van der Waals surface area contributed by atoms with Crippen molar-refractivity contribution in [2.24, 2.45) is 0 Å². The molecule has 0 amide bonds. The van der Waals surface area contributed by atoms with Gasteiger partial charge < -0.3 is 57.6 Å². The first-order chi connectivity index (χ1) is 34.2. The van der Waals surface area contributed by atoms with Gasteiger partial charge in [0.15, 0.2) is 0 Å². The third kappa shape index (κ3) is 14.8. The normalized spacial score (nSPS) is 22.4. The fraction of sp³-hybridized carbons (Fsp3) is 0.429. The van der Waals surface area contributed by atoms with E-state index in [1.54, 1.807) is 72.8 Å². The number of epoxide rings is 2. The zero-order valence-electron chi connectivity index (χ0n) is 39.3. The van der Waals surface area contributed by atoms with Crippen molar-refractivity contribution in [3.63, 3.8) is 0 Å². The van der Waals surface area contributed by atoms with Crippen molar-refractivity contribution in [2.75, 3.05) is 52.9 Å². The van der Waals surface area contributed by atoms with Gasteiger partial charge in [-0.05, 0) is 159 Å². The summed E-state index contributed by atoms with van der Waals surface area (Å²) in [6.07, 6.45) is 5.33. The van der Waals surface area contributed by atoms with E-state index in [0.29, 0.717) is 59.2 Å². The first-order valence-corrected chi connectivity index (χ1v) is 24.5. The van der Waals surface area contributed by atoms with Gasteiger partial charge in [0.1, 0.15) is 111 Å². The smallest absolute Gasteiger partial charge is 0.338 e. The Hall–Kier alpha value is -6.32.